The molecule has 2 heterocycles. The molecule has 1 aromatic heterocycles. The number of imidazole rings is 1. The molecule has 0 aliphatic carbocycles. The number of H-pyrrole nitrogens is 1. The van der Waals surface area contributed by atoms with Crippen LogP contribution in [-0.2, 0) is 0 Å². The van der Waals surface area contributed by atoms with Gasteiger partial charge in [0.1, 0.15) is 23.2 Å². The largest absolute Gasteiger partial charge is 0.509 e. The highest BCUT2D eigenvalue weighted by Gasteiger charge is 2.31. The maximum atomic E-state index is 13.4. The van der Waals surface area contributed by atoms with Gasteiger partial charge in [0.15, 0.2) is 11.5 Å². The summed E-state index contributed by atoms with van der Waals surface area (Å²) in [6.45, 7) is 0.120. The lowest BCUT2D eigenvalue weighted by atomic mass is 10.2. The number of rotatable bonds is 4. The second-order valence-electron chi connectivity index (χ2n) is 6.04. The van der Waals surface area contributed by atoms with Crippen LogP contribution < -0.4 is 14.4 Å². The Morgan fingerprint density at radius 2 is 1.93 bits per heavy atom. The summed E-state index contributed by atoms with van der Waals surface area (Å²) < 4.78 is 24.0. The van der Waals surface area contributed by atoms with Crippen LogP contribution in [0.25, 0.3) is 16.6 Å². The monoisotopic (exact) mass is 368 g/mol. The summed E-state index contributed by atoms with van der Waals surface area (Å²) in [5.74, 6) is 1.12. The number of amidine groups is 1. The predicted octanol–water partition coefficient (Wildman–Crippen LogP) is 3.49. The third-order valence-electron chi connectivity index (χ3n) is 4.46. The van der Waals surface area contributed by atoms with Crippen LogP contribution in [0.5, 0.6) is 11.5 Å². The number of nitrogens with one attached hydrogen (secondary N) is 2. The van der Waals surface area contributed by atoms with E-state index in [0.29, 0.717) is 34.0 Å². The van der Waals surface area contributed by atoms with Gasteiger partial charge in [0.2, 0.25) is 0 Å². The van der Waals surface area contributed by atoms with Crippen LogP contribution in [-0.4, -0.2) is 41.7 Å². The van der Waals surface area contributed by atoms with Crippen molar-refractivity contribution in [3.05, 3.63) is 53.8 Å². The van der Waals surface area contributed by atoms with Gasteiger partial charge in [-0.15, -0.1) is 0 Å². The first-order valence-electron chi connectivity index (χ1n) is 8.18. The number of hydrogen-bond donors (Lipinski definition) is 3. The van der Waals surface area contributed by atoms with Crippen LogP contribution in [0.2, 0.25) is 0 Å². The summed E-state index contributed by atoms with van der Waals surface area (Å²) in [6.07, 6.45) is 0. The van der Waals surface area contributed by atoms with E-state index in [0.717, 1.165) is 0 Å². The molecule has 27 heavy (non-hydrogen) atoms. The number of nitrogens with zero attached hydrogens (tertiary/aromatic N) is 2. The maximum Gasteiger partial charge on any atom is 0.162 e. The number of aliphatic hydroxyl groups is 1. The van der Waals surface area contributed by atoms with Gasteiger partial charge in [0.05, 0.1) is 37.4 Å². The average Bonchev–Trinajstić information content (AvgIpc) is 3.20. The summed E-state index contributed by atoms with van der Waals surface area (Å²) in [6, 6.07) is 9.44. The highest BCUT2D eigenvalue weighted by molar-refractivity contribution is 6.30. The number of methoxy groups -OCH3 is 2. The zero-order valence-electron chi connectivity index (χ0n) is 14.7. The second-order valence-corrected chi connectivity index (χ2v) is 6.04. The summed E-state index contributed by atoms with van der Waals surface area (Å²) >= 11 is 0. The van der Waals surface area contributed by atoms with Gasteiger partial charge in [-0.3, -0.25) is 5.41 Å². The molecule has 2 aromatic carbocycles. The normalized spacial score (nSPS) is 14.3. The average molecular weight is 368 g/mol. The molecule has 8 heteroatoms. The van der Waals surface area contributed by atoms with Crippen molar-refractivity contribution in [1.29, 1.82) is 5.41 Å². The van der Waals surface area contributed by atoms with Gasteiger partial charge in [-0.2, -0.15) is 0 Å². The van der Waals surface area contributed by atoms with Gasteiger partial charge in [0, 0.05) is 11.8 Å². The van der Waals surface area contributed by atoms with Crippen LogP contribution in [0.1, 0.15) is 5.82 Å². The summed E-state index contributed by atoms with van der Waals surface area (Å²) in [5, 5.41) is 19.0. The molecule has 3 N–H and O–H groups in total. The van der Waals surface area contributed by atoms with Crippen molar-refractivity contribution in [2.75, 3.05) is 25.7 Å². The summed E-state index contributed by atoms with van der Waals surface area (Å²) in [5.41, 5.74) is 2.01. The van der Waals surface area contributed by atoms with Crippen LogP contribution in [0.3, 0.4) is 0 Å². The molecule has 1 aliphatic heterocycles. The highest BCUT2D eigenvalue weighted by atomic mass is 19.1. The van der Waals surface area contributed by atoms with Crippen molar-refractivity contribution in [1.82, 2.24) is 9.97 Å². The van der Waals surface area contributed by atoms with Gasteiger partial charge in [0.25, 0.3) is 0 Å². The molecule has 0 bridgehead atoms. The molecular formula is C19H17FN4O3. The Labute approximate surface area is 154 Å². The Morgan fingerprint density at radius 3 is 2.67 bits per heavy atom. The molecule has 0 saturated heterocycles. The lowest BCUT2D eigenvalue weighted by Gasteiger charge is -2.20. The zero-order valence-corrected chi connectivity index (χ0v) is 14.7. The minimum atomic E-state index is -0.385. The fraction of sp³-hybridized carbons (Fsp3) is 0.158. The van der Waals surface area contributed by atoms with Crippen molar-refractivity contribution in [3.8, 4) is 11.5 Å². The van der Waals surface area contributed by atoms with E-state index in [1.807, 2.05) is 0 Å². The number of aromatic amines is 1. The number of aromatic nitrogens is 2. The Balaban J connectivity index is 1.70. The Morgan fingerprint density at radius 1 is 1.15 bits per heavy atom. The quantitative estimate of drug-likeness (QED) is 0.655. The first-order chi connectivity index (χ1) is 13.0. The third kappa shape index (κ3) is 2.75. The van der Waals surface area contributed by atoms with Crippen molar-refractivity contribution < 1.29 is 19.0 Å². The summed E-state index contributed by atoms with van der Waals surface area (Å²) in [7, 11) is 3.08. The van der Waals surface area contributed by atoms with E-state index in [9.17, 15) is 9.50 Å². The molecule has 7 nitrogen and oxygen atoms in total. The molecule has 138 valence electrons. The minimum absolute atomic E-state index is 0.00862. The van der Waals surface area contributed by atoms with Crippen molar-refractivity contribution >= 4 is 28.1 Å². The second kappa shape index (κ2) is 6.31. The molecule has 3 aromatic rings. The van der Waals surface area contributed by atoms with E-state index in [1.54, 1.807) is 36.3 Å². The fourth-order valence-electron chi connectivity index (χ4n) is 3.14. The lowest BCUT2D eigenvalue weighted by Crippen LogP contribution is -2.26. The van der Waals surface area contributed by atoms with E-state index in [4.69, 9.17) is 14.9 Å². The van der Waals surface area contributed by atoms with Crippen molar-refractivity contribution in [2.24, 2.45) is 0 Å². The number of ether oxygens (including phenoxy) is 2. The zero-order chi connectivity index (χ0) is 19.1. The van der Waals surface area contributed by atoms with Crippen molar-refractivity contribution in [3.63, 3.8) is 0 Å². The highest BCUT2D eigenvalue weighted by Crippen LogP contribution is 2.36. The van der Waals surface area contributed by atoms with Gasteiger partial charge < -0.3 is 24.5 Å². The van der Waals surface area contributed by atoms with E-state index >= 15 is 0 Å². The van der Waals surface area contributed by atoms with Gasteiger partial charge in [-0.05, 0) is 30.3 Å². The molecular weight excluding hydrogens is 351 g/mol. The fourth-order valence-corrected chi connectivity index (χ4v) is 3.14. The molecule has 0 radical (unpaired) electrons. The lowest BCUT2D eigenvalue weighted by molar-refractivity contribution is 0.355. The molecule has 0 fully saturated rings. The summed E-state index contributed by atoms with van der Waals surface area (Å²) in [4.78, 5) is 8.97. The number of hydrogen-bond acceptors (Lipinski definition) is 5. The van der Waals surface area contributed by atoms with Crippen LogP contribution >= 0.6 is 0 Å². The number of fused-ring (bicyclic) bond motifs is 1. The number of halogens is 1. The topological polar surface area (TPSA) is 94.5 Å². The number of benzene rings is 2. The molecule has 0 atom stereocenters. The molecule has 4 rings (SSSR count). The molecule has 0 unspecified atom stereocenters. The Hall–Kier alpha value is -3.55. The number of aliphatic hydroxyl groups excluding tert-OH is 1. The van der Waals surface area contributed by atoms with E-state index in [2.05, 4.69) is 9.97 Å². The maximum absolute atomic E-state index is 13.4. The van der Waals surface area contributed by atoms with Gasteiger partial charge >= 0.3 is 0 Å². The molecule has 0 amide bonds. The number of anilines is 1. The van der Waals surface area contributed by atoms with Gasteiger partial charge in [-0.1, -0.05) is 0 Å². The van der Waals surface area contributed by atoms with Crippen LogP contribution in [0.4, 0.5) is 10.1 Å². The first kappa shape index (κ1) is 16.9. The molecule has 0 spiro atoms. The minimum Gasteiger partial charge on any atom is -0.509 e. The van der Waals surface area contributed by atoms with Crippen LogP contribution in [0, 0.1) is 11.2 Å². The standard InChI is InChI=1S/C19H17FN4O3/c1-26-15-6-4-11(8-16(15)27-2)24-9-14(25)17(18(24)21)19-22-12-5-3-10(20)7-13(12)23-19/h3-8,21,25H,9H2,1-2H3,(H,22,23). The smallest absolute Gasteiger partial charge is 0.162 e. The van der Waals surface area contributed by atoms with Crippen molar-refractivity contribution in [2.45, 2.75) is 0 Å². The van der Waals surface area contributed by atoms with Crippen LogP contribution in [0.15, 0.2) is 42.2 Å². The SMILES string of the molecule is COc1ccc(N2CC(O)=C(c3nc4ccc(F)cc4[nH]3)C2=N)cc1OC. The molecule has 1 aliphatic rings. The van der Waals surface area contributed by atoms with E-state index < -0.39 is 0 Å². The Bertz CT molecular complexity index is 1090. The van der Waals surface area contributed by atoms with Gasteiger partial charge in [-0.25, -0.2) is 9.37 Å². The predicted molar refractivity (Wildman–Crippen MR) is 100 cm³/mol. The van der Waals surface area contributed by atoms with E-state index in [1.165, 1.54) is 19.2 Å². The first-order valence-corrected chi connectivity index (χ1v) is 8.18. The van der Waals surface area contributed by atoms with E-state index in [-0.39, 0.29) is 29.5 Å². The third-order valence-corrected chi connectivity index (χ3v) is 4.46. The molecule has 0 saturated carbocycles. The Kier molecular flexibility index (Phi) is 3.95.